The second-order valence-electron chi connectivity index (χ2n) is 5.77. The van der Waals surface area contributed by atoms with Gasteiger partial charge in [-0.25, -0.2) is 0 Å². The molecule has 23 heavy (non-hydrogen) atoms. The summed E-state index contributed by atoms with van der Waals surface area (Å²) in [6.07, 6.45) is 1.89. The van der Waals surface area contributed by atoms with Crippen molar-refractivity contribution in [3.05, 3.63) is 59.2 Å². The number of thiophene rings is 1. The molecule has 0 saturated carbocycles. The number of rotatable bonds is 2. The average Bonchev–Trinajstić information content (AvgIpc) is 3.11. The van der Waals surface area contributed by atoms with Gasteiger partial charge in [-0.1, -0.05) is 18.2 Å². The van der Waals surface area contributed by atoms with Crippen LogP contribution in [-0.2, 0) is 7.05 Å². The number of aryl methyl sites for hydroxylation is 3. The van der Waals surface area contributed by atoms with Gasteiger partial charge in [0.05, 0.1) is 17.1 Å². The number of pyridine rings is 1. The van der Waals surface area contributed by atoms with Crippen LogP contribution in [-0.4, -0.2) is 14.8 Å². The van der Waals surface area contributed by atoms with E-state index in [4.69, 9.17) is 0 Å². The Balaban J connectivity index is 2.00. The number of hydrogen-bond acceptors (Lipinski definition) is 3. The monoisotopic (exact) mass is 319 g/mol. The van der Waals surface area contributed by atoms with Gasteiger partial charge in [-0.05, 0) is 49.1 Å². The maximum absolute atomic E-state index is 4.63. The molecule has 0 aliphatic rings. The fraction of sp³-hybridized carbons (Fsp3) is 0.158. The van der Waals surface area contributed by atoms with Gasteiger partial charge >= 0.3 is 0 Å². The van der Waals surface area contributed by atoms with E-state index in [1.807, 2.05) is 36.2 Å². The molecule has 4 rings (SSSR count). The van der Waals surface area contributed by atoms with Crippen LogP contribution in [0.25, 0.3) is 32.6 Å². The van der Waals surface area contributed by atoms with Crippen molar-refractivity contribution >= 4 is 22.1 Å². The van der Waals surface area contributed by atoms with Gasteiger partial charge in [-0.15, -0.1) is 11.3 Å². The zero-order chi connectivity index (χ0) is 16.0. The zero-order valence-electron chi connectivity index (χ0n) is 13.4. The van der Waals surface area contributed by atoms with E-state index in [-0.39, 0.29) is 0 Å². The van der Waals surface area contributed by atoms with Gasteiger partial charge in [0.15, 0.2) is 0 Å². The molecule has 0 amide bonds. The maximum atomic E-state index is 4.63. The van der Waals surface area contributed by atoms with Crippen LogP contribution in [0.1, 0.15) is 10.6 Å². The lowest BCUT2D eigenvalue weighted by Gasteiger charge is -2.09. The summed E-state index contributed by atoms with van der Waals surface area (Å²) >= 11 is 1.83. The summed E-state index contributed by atoms with van der Waals surface area (Å²) < 4.78 is 1.90. The minimum atomic E-state index is 0.987. The summed E-state index contributed by atoms with van der Waals surface area (Å²) in [5.41, 5.74) is 4.31. The van der Waals surface area contributed by atoms with Crippen molar-refractivity contribution < 1.29 is 0 Å². The van der Waals surface area contributed by atoms with E-state index in [0.29, 0.717) is 0 Å². The summed E-state index contributed by atoms with van der Waals surface area (Å²) in [6.45, 7) is 4.15. The van der Waals surface area contributed by atoms with Crippen LogP contribution in [0.15, 0.2) is 48.7 Å². The van der Waals surface area contributed by atoms with Gasteiger partial charge in [0, 0.05) is 28.4 Å². The van der Waals surface area contributed by atoms with Crippen molar-refractivity contribution in [2.24, 2.45) is 7.05 Å². The lowest BCUT2D eigenvalue weighted by molar-refractivity contribution is 0.762. The molecule has 4 aromatic rings. The molecule has 3 heterocycles. The standard InChI is InChI=1S/C19H17N3S/c1-12-11-17(22(3)21-12)19-16-6-4-5-15(14(16)9-10-20-19)18-8-7-13(2)23-18/h4-11H,1-3H3. The quantitative estimate of drug-likeness (QED) is 0.521. The van der Waals surface area contributed by atoms with Gasteiger partial charge in [0.1, 0.15) is 0 Å². The first-order valence-electron chi connectivity index (χ1n) is 7.59. The third-order valence-electron chi connectivity index (χ3n) is 4.06. The molecule has 0 N–H and O–H groups in total. The first-order chi connectivity index (χ1) is 11.1. The second kappa shape index (κ2) is 5.32. The second-order valence-corrected chi connectivity index (χ2v) is 7.05. The summed E-state index contributed by atoms with van der Waals surface area (Å²) in [7, 11) is 1.97. The van der Waals surface area contributed by atoms with Crippen LogP contribution in [0.2, 0.25) is 0 Å². The zero-order valence-corrected chi connectivity index (χ0v) is 14.2. The highest BCUT2D eigenvalue weighted by molar-refractivity contribution is 7.15. The molecule has 0 bridgehead atoms. The first-order valence-corrected chi connectivity index (χ1v) is 8.41. The summed E-state index contributed by atoms with van der Waals surface area (Å²) in [5.74, 6) is 0. The third kappa shape index (κ3) is 2.35. The van der Waals surface area contributed by atoms with Crippen molar-refractivity contribution in [1.82, 2.24) is 14.8 Å². The Morgan fingerprint density at radius 2 is 1.87 bits per heavy atom. The Labute approximate surface area is 139 Å². The Kier molecular flexibility index (Phi) is 3.27. The third-order valence-corrected chi connectivity index (χ3v) is 5.09. The van der Waals surface area contributed by atoms with E-state index >= 15 is 0 Å². The highest BCUT2D eigenvalue weighted by Gasteiger charge is 2.13. The van der Waals surface area contributed by atoms with Gasteiger partial charge in [-0.2, -0.15) is 5.10 Å². The molecule has 1 aromatic carbocycles. The topological polar surface area (TPSA) is 30.7 Å². The smallest absolute Gasteiger partial charge is 0.0961 e. The number of hydrogen-bond donors (Lipinski definition) is 0. The van der Waals surface area contributed by atoms with Crippen LogP contribution in [0, 0.1) is 13.8 Å². The Hall–Kier alpha value is -2.46. The summed E-state index contributed by atoms with van der Waals surface area (Å²) in [4.78, 5) is 7.26. The minimum Gasteiger partial charge on any atom is -0.266 e. The van der Waals surface area contributed by atoms with Crippen LogP contribution in [0.4, 0.5) is 0 Å². The molecule has 0 aliphatic carbocycles. The summed E-state index contributed by atoms with van der Waals surface area (Å²) in [5, 5.41) is 6.86. The predicted octanol–water partition coefficient (Wildman–Crippen LogP) is 4.98. The fourth-order valence-corrected chi connectivity index (χ4v) is 3.94. The molecule has 0 aliphatic heterocycles. The van der Waals surface area contributed by atoms with Crippen LogP contribution >= 0.6 is 11.3 Å². The average molecular weight is 319 g/mol. The largest absolute Gasteiger partial charge is 0.266 e. The van der Waals surface area contributed by atoms with E-state index in [1.165, 1.54) is 26.1 Å². The number of benzene rings is 1. The van der Waals surface area contributed by atoms with Crippen molar-refractivity contribution in [1.29, 1.82) is 0 Å². The summed E-state index contributed by atoms with van der Waals surface area (Å²) in [6, 6.07) is 15.0. The molecule has 0 atom stereocenters. The molecule has 3 aromatic heterocycles. The van der Waals surface area contributed by atoms with Gasteiger partial charge in [0.2, 0.25) is 0 Å². The van der Waals surface area contributed by atoms with Crippen molar-refractivity contribution in [3.63, 3.8) is 0 Å². The van der Waals surface area contributed by atoms with Crippen LogP contribution in [0.3, 0.4) is 0 Å². The number of fused-ring (bicyclic) bond motifs is 1. The molecule has 0 saturated heterocycles. The van der Waals surface area contributed by atoms with E-state index in [9.17, 15) is 0 Å². The van der Waals surface area contributed by atoms with Crippen molar-refractivity contribution in [3.8, 4) is 21.8 Å². The molecule has 4 heteroatoms. The minimum absolute atomic E-state index is 0.987. The highest BCUT2D eigenvalue weighted by atomic mass is 32.1. The van der Waals surface area contributed by atoms with Gasteiger partial charge < -0.3 is 0 Å². The van der Waals surface area contributed by atoms with E-state index in [2.05, 4.69) is 59.5 Å². The SMILES string of the molecule is Cc1cc(-c2nccc3c(-c4ccc(C)s4)cccc23)n(C)n1. The molecule has 0 unspecified atom stereocenters. The molecular weight excluding hydrogens is 302 g/mol. The van der Waals surface area contributed by atoms with Crippen molar-refractivity contribution in [2.75, 3.05) is 0 Å². The van der Waals surface area contributed by atoms with E-state index in [0.717, 1.165) is 17.1 Å². The Bertz CT molecular complexity index is 1010. The van der Waals surface area contributed by atoms with Gasteiger partial charge in [-0.3, -0.25) is 9.67 Å². The molecular formula is C19H17N3S. The first kappa shape index (κ1) is 14.2. The normalized spacial score (nSPS) is 11.3. The van der Waals surface area contributed by atoms with Gasteiger partial charge in [0.25, 0.3) is 0 Å². The molecule has 0 spiro atoms. The maximum Gasteiger partial charge on any atom is 0.0961 e. The molecule has 0 radical (unpaired) electrons. The van der Waals surface area contributed by atoms with E-state index in [1.54, 1.807) is 0 Å². The fourth-order valence-electron chi connectivity index (χ4n) is 3.04. The predicted molar refractivity (Wildman–Crippen MR) is 96.7 cm³/mol. The van der Waals surface area contributed by atoms with Crippen LogP contribution < -0.4 is 0 Å². The number of aromatic nitrogens is 3. The van der Waals surface area contributed by atoms with Crippen LogP contribution in [0.5, 0.6) is 0 Å². The molecule has 3 nitrogen and oxygen atoms in total. The Morgan fingerprint density at radius 3 is 2.57 bits per heavy atom. The lowest BCUT2D eigenvalue weighted by atomic mass is 10.0. The Morgan fingerprint density at radius 1 is 1.00 bits per heavy atom. The highest BCUT2D eigenvalue weighted by Crippen LogP contribution is 2.36. The number of nitrogens with zero attached hydrogens (tertiary/aromatic N) is 3. The molecule has 114 valence electrons. The molecule has 0 fully saturated rings. The van der Waals surface area contributed by atoms with Crippen molar-refractivity contribution in [2.45, 2.75) is 13.8 Å². The lowest BCUT2D eigenvalue weighted by Crippen LogP contribution is -1.96. The van der Waals surface area contributed by atoms with E-state index < -0.39 is 0 Å².